The molecule has 5 nitrogen and oxygen atoms in total. The summed E-state index contributed by atoms with van der Waals surface area (Å²) in [4.78, 5) is 24.4. The Balaban J connectivity index is 1.45. The zero-order chi connectivity index (χ0) is 21.3. The summed E-state index contributed by atoms with van der Waals surface area (Å²) in [5.41, 5.74) is 4.59. The lowest BCUT2D eigenvalue weighted by atomic mass is 10.1. The summed E-state index contributed by atoms with van der Waals surface area (Å²) < 4.78 is 5.54. The molecule has 0 atom stereocenters. The number of benzene rings is 3. The molecule has 0 aromatic heterocycles. The van der Waals surface area contributed by atoms with Gasteiger partial charge < -0.3 is 15.4 Å². The highest BCUT2D eigenvalue weighted by molar-refractivity contribution is 5.94. The molecular weight excluding hydrogens is 376 g/mol. The molecule has 154 valence electrons. The zero-order valence-corrected chi connectivity index (χ0v) is 17.3. The fourth-order valence-electron chi connectivity index (χ4n) is 2.98. The SMILES string of the molecule is Cc1ccc(C)c(NC(=O)COc2ccc(C(=O)NCCc3ccccc3)cc2)c1. The third-order valence-electron chi connectivity index (χ3n) is 4.70. The molecule has 3 rings (SSSR count). The number of rotatable bonds is 8. The van der Waals surface area contributed by atoms with E-state index in [4.69, 9.17) is 4.74 Å². The van der Waals surface area contributed by atoms with Gasteiger partial charge in [0.2, 0.25) is 0 Å². The number of amides is 2. The van der Waals surface area contributed by atoms with E-state index in [9.17, 15) is 9.59 Å². The molecule has 5 heteroatoms. The molecule has 30 heavy (non-hydrogen) atoms. The maximum Gasteiger partial charge on any atom is 0.262 e. The molecule has 3 aromatic rings. The van der Waals surface area contributed by atoms with Gasteiger partial charge in [0.25, 0.3) is 11.8 Å². The van der Waals surface area contributed by atoms with E-state index in [1.165, 1.54) is 5.56 Å². The molecule has 0 bridgehead atoms. The Morgan fingerprint density at radius 2 is 1.63 bits per heavy atom. The molecule has 0 aliphatic rings. The van der Waals surface area contributed by atoms with Crippen molar-refractivity contribution in [3.05, 3.63) is 95.1 Å². The molecule has 0 aliphatic heterocycles. The average molecular weight is 402 g/mol. The van der Waals surface area contributed by atoms with Crippen molar-refractivity contribution in [3.63, 3.8) is 0 Å². The highest BCUT2D eigenvalue weighted by atomic mass is 16.5. The first-order chi connectivity index (χ1) is 14.5. The van der Waals surface area contributed by atoms with Crippen LogP contribution >= 0.6 is 0 Å². The Morgan fingerprint density at radius 1 is 0.900 bits per heavy atom. The second-order valence-corrected chi connectivity index (χ2v) is 7.17. The molecule has 0 heterocycles. The van der Waals surface area contributed by atoms with Gasteiger partial charge in [0.05, 0.1) is 0 Å². The average Bonchev–Trinajstić information content (AvgIpc) is 2.76. The fourth-order valence-corrected chi connectivity index (χ4v) is 2.98. The van der Waals surface area contributed by atoms with E-state index in [0.717, 1.165) is 23.2 Å². The highest BCUT2D eigenvalue weighted by Gasteiger charge is 2.08. The first kappa shape index (κ1) is 21.1. The largest absolute Gasteiger partial charge is 0.484 e. The van der Waals surface area contributed by atoms with Crippen LogP contribution in [0.1, 0.15) is 27.0 Å². The van der Waals surface area contributed by atoms with Crippen molar-refractivity contribution in [1.82, 2.24) is 5.32 Å². The van der Waals surface area contributed by atoms with Crippen LogP contribution in [0, 0.1) is 13.8 Å². The van der Waals surface area contributed by atoms with Crippen LogP contribution in [0.4, 0.5) is 5.69 Å². The number of ether oxygens (including phenoxy) is 1. The van der Waals surface area contributed by atoms with Gasteiger partial charge >= 0.3 is 0 Å². The van der Waals surface area contributed by atoms with Gasteiger partial charge in [-0.25, -0.2) is 0 Å². The highest BCUT2D eigenvalue weighted by Crippen LogP contribution is 2.17. The maximum atomic E-state index is 12.3. The molecule has 0 aliphatic carbocycles. The van der Waals surface area contributed by atoms with Crippen molar-refractivity contribution in [2.45, 2.75) is 20.3 Å². The summed E-state index contributed by atoms with van der Waals surface area (Å²) in [5, 5.41) is 5.77. The van der Waals surface area contributed by atoms with E-state index in [0.29, 0.717) is 17.9 Å². The molecule has 0 unspecified atom stereocenters. The third kappa shape index (κ3) is 6.21. The first-order valence-corrected chi connectivity index (χ1v) is 9.93. The summed E-state index contributed by atoms with van der Waals surface area (Å²) in [5.74, 6) is 0.170. The molecular formula is C25H26N2O3. The molecule has 2 amide bonds. The van der Waals surface area contributed by atoms with Crippen LogP contribution in [0.3, 0.4) is 0 Å². The Morgan fingerprint density at radius 3 is 2.37 bits per heavy atom. The lowest BCUT2D eigenvalue weighted by Gasteiger charge is -2.11. The zero-order valence-electron chi connectivity index (χ0n) is 17.3. The molecule has 0 fully saturated rings. The van der Waals surface area contributed by atoms with Crippen molar-refractivity contribution >= 4 is 17.5 Å². The molecule has 2 N–H and O–H groups in total. The Kier molecular flexibility index (Phi) is 7.22. The monoisotopic (exact) mass is 402 g/mol. The minimum absolute atomic E-state index is 0.101. The van der Waals surface area contributed by atoms with E-state index >= 15 is 0 Å². The van der Waals surface area contributed by atoms with Crippen molar-refractivity contribution in [2.75, 3.05) is 18.5 Å². The summed E-state index contributed by atoms with van der Waals surface area (Å²) in [6.07, 6.45) is 0.781. The summed E-state index contributed by atoms with van der Waals surface area (Å²) in [6.45, 7) is 4.39. The lowest BCUT2D eigenvalue weighted by Crippen LogP contribution is -2.25. The van der Waals surface area contributed by atoms with E-state index in [-0.39, 0.29) is 18.4 Å². The molecule has 0 radical (unpaired) electrons. The van der Waals surface area contributed by atoms with Crippen LogP contribution in [-0.4, -0.2) is 25.0 Å². The lowest BCUT2D eigenvalue weighted by molar-refractivity contribution is -0.118. The minimum Gasteiger partial charge on any atom is -0.484 e. The second-order valence-electron chi connectivity index (χ2n) is 7.17. The summed E-state index contributed by atoms with van der Waals surface area (Å²) in [7, 11) is 0. The quantitative estimate of drug-likeness (QED) is 0.591. The number of hydrogen-bond acceptors (Lipinski definition) is 3. The van der Waals surface area contributed by atoms with E-state index in [1.807, 2.05) is 62.4 Å². The van der Waals surface area contributed by atoms with Crippen LogP contribution in [0.2, 0.25) is 0 Å². The number of nitrogens with one attached hydrogen (secondary N) is 2. The molecule has 0 saturated carbocycles. The van der Waals surface area contributed by atoms with E-state index < -0.39 is 0 Å². The predicted molar refractivity (Wildman–Crippen MR) is 119 cm³/mol. The van der Waals surface area contributed by atoms with Gasteiger partial charge in [-0.3, -0.25) is 9.59 Å². The number of hydrogen-bond donors (Lipinski definition) is 2. The normalized spacial score (nSPS) is 10.3. The van der Waals surface area contributed by atoms with Gasteiger partial charge in [0.15, 0.2) is 6.61 Å². The number of anilines is 1. The van der Waals surface area contributed by atoms with Gasteiger partial charge in [-0.15, -0.1) is 0 Å². The van der Waals surface area contributed by atoms with Gasteiger partial charge in [-0.05, 0) is 67.3 Å². The fraction of sp³-hybridized carbons (Fsp3) is 0.200. The van der Waals surface area contributed by atoms with Gasteiger partial charge in [-0.2, -0.15) is 0 Å². The second kappa shape index (κ2) is 10.3. The Hall–Kier alpha value is -3.60. The summed E-state index contributed by atoms with van der Waals surface area (Å²) >= 11 is 0. The number of aryl methyl sites for hydroxylation is 2. The van der Waals surface area contributed by atoms with Crippen molar-refractivity contribution in [3.8, 4) is 5.75 Å². The van der Waals surface area contributed by atoms with Crippen LogP contribution in [-0.2, 0) is 11.2 Å². The smallest absolute Gasteiger partial charge is 0.262 e. The maximum absolute atomic E-state index is 12.3. The predicted octanol–water partition coefficient (Wildman–Crippen LogP) is 4.29. The Bertz CT molecular complexity index is 999. The first-order valence-electron chi connectivity index (χ1n) is 9.93. The molecule has 0 spiro atoms. The minimum atomic E-state index is -0.230. The standard InChI is InChI=1S/C25H26N2O3/c1-18-8-9-19(2)23(16-18)27-24(28)17-30-22-12-10-21(11-13-22)25(29)26-15-14-20-6-4-3-5-7-20/h3-13,16H,14-15,17H2,1-2H3,(H,26,29)(H,27,28). The van der Waals surface area contributed by atoms with Crippen LogP contribution in [0.15, 0.2) is 72.8 Å². The van der Waals surface area contributed by atoms with Crippen molar-refractivity contribution in [2.24, 2.45) is 0 Å². The van der Waals surface area contributed by atoms with Gasteiger partial charge in [-0.1, -0.05) is 42.5 Å². The van der Waals surface area contributed by atoms with E-state index in [2.05, 4.69) is 10.6 Å². The van der Waals surface area contributed by atoms with Crippen molar-refractivity contribution in [1.29, 1.82) is 0 Å². The molecule has 3 aromatic carbocycles. The Labute approximate surface area is 177 Å². The topological polar surface area (TPSA) is 67.4 Å². The van der Waals surface area contributed by atoms with E-state index in [1.54, 1.807) is 24.3 Å². The third-order valence-corrected chi connectivity index (χ3v) is 4.70. The van der Waals surface area contributed by atoms with Crippen LogP contribution in [0.25, 0.3) is 0 Å². The van der Waals surface area contributed by atoms with Crippen LogP contribution in [0.5, 0.6) is 5.75 Å². The number of carbonyl (C=O) groups is 2. The summed E-state index contributed by atoms with van der Waals surface area (Å²) in [6, 6.07) is 22.7. The van der Waals surface area contributed by atoms with Gasteiger partial charge in [0, 0.05) is 17.8 Å². The number of carbonyl (C=O) groups excluding carboxylic acids is 2. The van der Waals surface area contributed by atoms with Crippen LogP contribution < -0.4 is 15.4 Å². The van der Waals surface area contributed by atoms with Crippen molar-refractivity contribution < 1.29 is 14.3 Å². The molecule has 0 saturated heterocycles. The van der Waals surface area contributed by atoms with Gasteiger partial charge in [0.1, 0.15) is 5.75 Å².